The molecule has 0 unspecified atom stereocenters. The van der Waals surface area contributed by atoms with E-state index in [1.54, 1.807) is 12.1 Å². The monoisotopic (exact) mass is 481 g/mol. The number of rotatable bonds is 11. The van der Waals surface area contributed by atoms with Crippen LogP contribution in [0.1, 0.15) is 71.1 Å². The molecule has 0 atom stereocenters. The quantitative estimate of drug-likeness (QED) is 0.333. The van der Waals surface area contributed by atoms with Gasteiger partial charge in [-0.1, -0.05) is 70.4 Å². The van der Waals surface area contributed by atoms with E-state index in [2.05, 4.69) is 22.5 Å². The summed E-state index contributed by atoms with van der Waals surface area (Å²) in [6, 6.07) is 12.9. The highest BCUT2D eigenvalue weighted by atomic mass is 16.5. The van der Waals surface area contributed by atoms with Crippen LogP contribution < -0.4 is 14.8 Å². The first-order valence-electron chi connectivity index (χ1n) is 13.0. The molecule has 0 fully saturated rings. The van der Waals surface area contributed by atoms with E-state index >= 15 is 0 Å². The Bertz CT molecular complexity index is 932. The zero-order valence-corrected chi connectivity index (χ0v) is 21.0. The molecule has 3 rings (SSSR count). The summed E-state index contributed by atoms with van der Waals surface area (Å²) < 4.78 is 17.2. The second-order valence-corrected chi connectivity index (χ2v) is 8.79. The summed E-state index contributed by atoms with van der Waals surface area (Å²) in [4.78, 5) is 12.4. The number of carbonyl (C=O) groups is 1. The van der Waals surface area contributed by atoms with E-state index in [9.17, 15) is 4.79 Å². The summed E-state index contributed by atoms with van der Waals surface area (Å²) in [6.45, 7) is 3.92. The Morgan fingerprint density at radius 2 is 1.40 bits per heavy atom. The third-order valence-corrected chi connectivity index (χ3v) is 5.85. The number of anilines is 1. The van der Waals surface area contributed by atoms with Crippen LogP contribution in [0.3, 0.4) is 0 Å². The van der Waals surface area contributed by atoms with Crippen LogP contribution >= 0.6 is 0 Å². The zero-order valence-electron chi connectivity index (χ0n) is 21.0. The normalized spacial score (nSPS) is 13.7. The molecule has 0 saturated heterocycles. The van der Waals surface area contributed by atoms with E-state index in [4.69, 9.17) is 14.2 Å². The van der Waals surface area contributed by atoms with Crippen molar-refractivity contribution in [2.75, 3.05) is 31.7 Å². The average molecular weight is 482 g/mol. The van der Waals surface area contributed by atoms with E-state index in [1.165, 1.54) is 44.9 Å². The van der Waals surface area contributed by atoms with Crippen molar-refractivity contribution >= 4 is 23.0 Å². The van der Waals surface area contributed by atoms with E-state index < -0.39 is 0 Å². The van der Waals surface area contributed by atoms with Gasteiger partial charge in [0.1, 0.15) is 36.1 Å². The van der Waals surface area contributed by atoms with Gasteiger partial charge in [0.05, 0.1) is 13.2 Å². The summed E-state index contributed by atoms with van der Waals surface area (Å²) >= 11 is 0. The molecule has 0 spiro atoms. The molecule has 0 radical (unpaired) electrons. The van der Waals surface area contributed by atoms with Crippen LogP contribution in [0.25, 0.3) is 0 Å². The Morgan fingerprint density at radius 1 is 0.771 bits per heavy atom. The molecule has 0 bridgehead atoms. The number of azo groups is 1. The van der Waals surface area contributed by atoms with Crippen LogP contribution in [-0.4, -0.2) is 32.3 Å². The summed E-state index contributed by atoms with van der Waals surface area (Å²) in [7, 11) is 0. The molecule has 1 N–H and O–H groups in total. The van der Waals surface area contributed by atoms with Crippen molar-refractivity contribution in [3.05, 3.63) is 42.5 Å². The molecular weight excluding hydrogens is 442 g/mol. The molecule has 0 saturated carbocycles. The minimum absolute atomic E-state index is 0.0218. The molecule has 7 heteroatoms. The van der Waals surface area contributed by atoms with Gasteiger partial charge >= 0.3 is 0 Å². The first-order chi connectivity index (χ1) is 17.3. The fraction of sp³-hybridized carbons (Fsp3) is 0.536. The molecule has 7 nitrogen and oxygen atoms in total. The lowest BCUT2D eigenvalue weighted by Crippen LogP contribution is -2.13. The van der Waals surface area contributed by atoms with Gasteiger partial charge in [0.25, 0.3) is 0 Å². The first kappa shape index (κ1) is 26.7. The number of fused-ring (bicyclic) bond motifs is 2. The highest BCUT2D eigenvalue weighted by molar-refractivity contribution is 5.91. The van der Waals surface area contributed by atoms with Crippen molar-refractivity contribution in [2.24, 2.45) is 10.2 Å². The molecule has 1 aliphatic rings. The second kappa shape index (κ2) is 15.9. The SMILES string of the molecule is CCCCCCCCCCCC(=O)Nc1ccc2c(c1)OCCOCCOc1ccccc1N=N2. The van der Waals surface area contributed by atoms with Crippen LogP contribution in [-0.2, 0) is 9.53 Å². The minimum atomic E-state index is 0.0218. The molecule has 1 amide bonds. The van der Waals surface area contributed by atoms with Crippen LogP contribution in [0.5, 0.6) is 11.5 Å². The van der Waals surface area contributed by atoms with Crippen molar-refractivity contribution in [3.8, 4) is 11.5 Å². The average Bonchev–Trinajstić information content (AvgIpc) is 2.88. The van der Waals surface area contributed by atoms with Crippen molar-refractivity contribution in [3.63, 3.8) is 0 Å². The standard InChI is InChI=1S/C28H39N3O4/c1-2-3-4-5-6-7-8-9-10-15-28(32)29-23-16-17-25-27(22-23)35-21-19-33-18-20-34-26-14-12-11-13-24(26)30-31-25/h11-14,16-17,22H,2-10,15,18-21H2,1H3,(H,29,32). The van der Waals surface area contributed by atoms with E-state index in [-0.39, 0.29) is 5.91 Å². The van der Waals surface area contributed by atoms with Gasteiger partial charge in [0, 0.05) is 18.2 Å². The number of ether oxygens (including phenoxy) is 3. The fourth-order valence-electron chi connectivity index (χ4n) is 3.90. The molecule has 190 valence electrons. The summed E-state index contributed by atoms with van der Waals surface area (Å²) in [5, 5.41) is 11.7. The molecule has 2 aromatic carbocycles. The van der Waals surface area contributed by atoms with Gasteiger partial charge in [0.15, 0.2) is 0 Å². The Hall–Kier alpha value is -2.93. The zero-order chi connectivity index (χ0) is 24.6. The van der Waals surface area contributed by atoms with Crippen molar-refractivity contribution in [2.45, 2.75) is 71.1 Å². The van der Waals surface area contributed by atoms with Gasteiger partial charge in [0.2, 0.25) is 5.91 Å². The van der Waals surface area contributed by atoms with Crippen LogP contribution in [0.15, 0.2) is 52.7 Å². The lowest BCUT2D eigenvalue weighted by Gasteiger charge is -2.11. The molecule has 0 aliphatic carbocycles. The van der Waals surface area contributed by atoms with E-state index in [0.29, 0.717) is 61.4 Å². The summed E-state index contributed by atoms with van der Waals surface area (Å²) in [5.41, 5.74) is 1.90. The molecule has 2 aromatic rings. The summed E-state index contributed by atoms with van der Waals surface area (Å²) in [5.74, 6) is 1.23. The largest absolute Gasteiger partial charge is 0.489 e. The molecule has 35 heavy (non-hydrogen) atoms. The predicted octanol–water partition coefficient (Wildman–Crippen LogP) is 7.75. The van der Waals surface area contributed by atoms with Gasteiger partial charge in [-0.25, -0.2) is 0 Å². The third-order valence-electron chi connectivity index (χ3n) is 5.85. The number of carbonyl (C=O) groups excluding carboxylic acids is 1. The maximum absolute atomic E-state index is 12.4. The number of amides is 1. The fourth-order valence-corrected chi connectivity index (χ4v) is 3.90. The number of hydrogen-bond donors (Lipinski definition) is 1. The molecule has 1 heterocycles. The third kappa shape index (κ3) is 10.1. The van der Waals surface area contributed by atoms with Gasteiger partial charge in [-0.2, -0.15) is 0 Å². The van der Waals surface area contributed by atoms with E-state index in [0.717, 1.165) is 12.8 Å². The number of nitrogens with one attached hydrogen (secondary N) is 1. The lowest BCUT2D eigenvalue weighted by molar-refractivity contribution is -0.116. The maximum Gasteiger partial charge on any atom is 0.224 e. The highest BCUT2D eigenvalue weighted by Gasteiger charge is 2.10. The Kier molecular flexibility index (Phi) is 12.1. The van der Waals surface area contributed by atoms with E-state index in [1.807, 2.05) is 30.3 Å². The topological polar surface area (TPSA) is 81.5 Å². The molecule has 1 aliphatic heterocycles. The minimum Gasteiger partial charge on any atom is -0.489 e. The number of unbranched alkanes of at least 4 members (excludes halogenated alkanes) is 8. The molecule has 0 aromatic heterocycles. The number of benzene rings is 2. The Morgan fingerprint density at radius 3 is 2.14 bits per heavy atom. The van der Waals surface area contributed by atoms with Crippen molar-refractivity contribution < 1.29 is 19.0 Å². The van der Waals surface area contributed by atoms with Gasteiger partial charge < -0.3 is 19.5 Å². The first-order valence-corrected chi connectivity index (χ1v) is 13.0. The number of para-hydroxylation sites is 1. The van der Waals surface area contributed by atoms with Gasteiger partial charge in [-0.05, 0) is 30.7 Å². The summed E-state index contributed by atoms with van der Waals surface area (Å²) in [6.07, 6.45) is 11.6. The van der Waals surface area contributed by atoms with Crippen molar-refractivity contribution in [1.82, 2.24) is 0 Å². The number of nitrogens with zero attached hydrogens (tertiary/aromatic N) is 2. The van der Waals surface area contributed by atoms with Crippen LogP contribution in [0.2, 0.25) is 0 Å². The predicted molar refractivity (Wildman–Crippen MR) is 139 cm³/mol. The molecular formula is C28H39N3O4. The highest BCUT2D eigenvalue weighted by Crippen LogP contribution is 2.34. The van der Waals surface area contributed by atoms with Crippen molar-refractivity contribution in [1.29, 1.82) is 0 Å². The second-order valence-electron chi connectivity index (χ2n) is 8.79. The smallest absolute Gasteiger partial charge is 0.224 e. The van der Waals surface area contributed by atoms with Crippen LogP contribution in [0.4, 0.5) is 17.1 Å². The van der Waals surface area contributed by atoms with Gasteiger partial charge in [-0.3, -0.25) is 4.79 Å². The number of hydrogen-bond acceptors (Lipinski definition) is 6. The van der Waals surface area contributed by atoms with Gasteiger partial charge in [-0.15, -0.1) is 10.2 Å². The Labute approximate surface area is 209 Å². The Balaban J connectivity index is 1.52. The maximum atomic E-state index is 12.4. The lowest BCUT2D eigenvalue weighted by atomic mass is 10.1. The van der Waals surface area contributed by atoms with Crippen LogP contribution in [0, 0.1) is 0 Å².